The molecule has 0 aromatic carbocycles. The van der Waals surface area contributed by atoms with Gasteiger partial charge in [-0.2, -0.15) is 0 Å². The average molecular weight is 278 g/mol. The summed E-state index contributed by atoms with van der Waals surface area (Å²) in [4.78, 5) is 24.0. The monoisotopic (exact) mass is 278 g/mol. The first-order chi connectivity index (χ1) is 9.06. The summed E-state index contributed by atoms with van der Waals surface area (Å²) in [6.07, 6.45) is 1.44. The maximum Gasteiger partial charge on any atom is 0.291 e. The van der Waals surface area contributed by atoms with E-state index in [2.05, 4.69) is 10.6 Å². The van der Waals surface area contributed by atoms with E-state index in [1.807, 2.05) is 13.8 Å². The second-order valence-corrected chi connectivity index (χ2v) is 5.31. The number of hydrogen-bond acceptors (Lipinski definition) is 4. The standard InChI is InChI=1S/C13H14N2O3S/c1-8(2)14-13(17)10-5-6-11(19-10)15-12(16)9-4-3-7-18-9/h3-8H,1-2H3,(H,14,17)(H,15,16). The molecule has 0 radical (unpaired) electrons. The fourth-order valence-corrected chi connectivity index (χ4v) is 2.25. The fourth-order valence-electron chi connectivity index (χ4n) is 1.44. The Balaban J connectivity index is 2.01. The number of amides is 2. The van der Waals surface area contributed by atoms with Crippen molar-refractivity contribution in [3.8, 4) is 0 Å². The molecule has 19 heavy (non-hydrogen) atoms. The molecule has 100 valence electrons. The van der Waals surface area contributed by atoms with Gasteiger partial charge in [-0.05, 0) is 38.1 Å². The Morgan fingerprint density at radius 1 is 1.21 bits per heavy atom. The van der Waals surface area contributed by atoms with Gasteiger partial charge in [0.1, 0.15) is 0 Å². The minimum absolute atomic E-state index is 0.0794. The third kappa shape index (κ3) is 3.45. The van der Waals surface area contributed by atoms with Gasteiger partial charge in [0.05, 0.1) is 16.1 Å². The third-order valence-corrected chi connectivity index (χ3v) is 3.23. The number of rotatable bonds is 4. The van der Waals surface area contributed by atoms with E-state index in [1.54, 1.807) is 24.3 Å². The summed E-state index contributed by atoms with van der Waals surface area (Å²) in [5, 5.41) is 6.08. The Bertz CT molecular complexity index is 572. The van der Waals surface area contributed by atoms with E-state index in [0.29, 0.717) is 9.88 Å². The normalized spacial score (nSPS) is 10.5. The van der Waals surface area contributed by atoms with Gasteiger partial charge in [0, 0.05) is 6.04 Å². The molecular weight excluding hydrogens is 264 g/mol. The molecule has 2 aromatic heterocycles. The van der Waals surface area contributed by atoms with Crippen LogP contribution in [0.4, 0.5) is 5.00 Å². The van der Waals surface area contributed by atoms with Gasteiger partial charge >= 0.3 is 0 Å². The lowest BCUT2D eigenvalue weighted by Crippen LogP contribution is -2.29. The van der Waals surface area contributed by atoms with Crippen LogP contribution in [-0.4, -0.2) is 17.9 Å². The summed E-state index contributed by atoms with van der Waals surface area (Å²) in [5.74, 6) is -0.234. The van der Waals surface area contributed by atoms with Crippen molar-refractivity contribution < 1.29 is 14.0 Å². The van der Waals surface area contributed by atoms with Gasteiger partial charge < -0.3 is 15.1 Å². The first-order valence-corrected chi connectivity index (χ1v) is 6.63. The Morgan fingerprint density at radius 3 is 2.63 bits per heavy atom. The average Bonchev–Trinajstić information content (AvgIpc) is 2.98. The number of carbonyl (C=O) groups is 2. The van der Waals surface area contributed by atoms with Crippen molar-refractivity contribution in [2.75, 3.05) is 5.32 Å². The predicted octanol–water partition coefficient (Wildman–Crippen LogP) is 2.73. The van der Waals surface area contributed by atoms with Crippen molar-refractivity contribution in [1.29, 1.82) is 0 Å². The number of thiophene rings is 1. The summed E-state index contributed by atoms with van der Waals surface area (Å²) in [6.45, 7) is 3.79. The topological polar surface area (TPSA) is 71.3 Å². The van der Waals surface area contributed by atoms with Gasteiger partial charge in [-0.3, -0.25) is 9.59 Å². The maximum absolute atomic E-state index is 11.8. The van der Waals surface area contributed by atoms with Crippen molar-refractivity contribution in [3.63, 3.8) is 0 Å². The molecule has 0 aliphatic rings. The van der Waals surface area contributed by atoms with E-state index >= 15 is 0 Å². The van der Waals surface area contributed by atoms with Crippen LogP contribution < -0.4 is 10.6 Å². The second-order valence-electron chi connectivity index (χ2n) is 4.22. The molecule has 0 atom stereocenters. The Kier molecular flexibility index (Phi) is 4.01. The molecule has 2 rings (SSSR count). The van der Waals surface area contributed by atoms with Crippen molar-refractivity contribution >= 4 is 28.2 Å². The van der Waals surface area contributed by atoms with E-state index in [1.165, 1.54) is 17.6 Å². The molecule has 6 heteroatoms. The molecule has 0 spiro atoms. The van der Waals surface area contributed by atoms with Crippen molar-refractivity contribution in [3.05, 3.63) is 41.2 Å². The highest BCUT2D eigenvalue weighted by atomic mass is 32.1. The highest BCUT2D eigenvalue weighted by Gasteiger charge is 2.13. The molecule has 2 amide bonds. The minimum atomic E-state index is -0.331. The number of furan rings is 1. The molecule has 0 saturated carbocycles. The Labute approximate surface area is 114 Å². The third-order valence-electron chi connectivity index (χ3n) is 2.23. The number of nitrogens with one attached hydrogen (secondary N) is 2. The van der Waals surface area contributed by atoms with Crippen LogP contribution in [0.2, 0.25) is 0 Å². The van der Waals surface area contributed by atoms with E-state index in [4.69, 9.17) is 4.42 Å². The summed E-state index contributed by atoms with van der Waals surface area (Å²) in [5.41, 5.74) is 0. The molecule has 2 heterocycles. The lowest BCUT2D eigenvalue weighted by atomic mass is 10.3. The lowest BCUT2D eigenvalue weighted by molar-refractivity contribution is 0.0946. The van der Waals surface area contributed by atoms with Gasteiger partial charge in [0.2, 0.25) is 0 Å². The van der Waals surface area contributed by atoms with Gasteiger partial charge in [-0.25, -0.2) is 0 Å². The molecule has 0 unspecified atom stereocenters. The van der Waals surface area contributed by atoms with E-state index in [-0.39, 0.29) is 23.6 Å². The fraction of sp³-hybridized carbons (Fsp3) is 0.231. The first-order valence-electron chi connectivity index (χ1n) is 5.82. The smallest absolute Gasteiger partial charge is 0.291 e. The minimum Gasteiger partial charge on any atom is -0.459 e. The number of carbonyl (C=O) groups excluding carboxylic acids is 2. The molecule has 2 aromatic rings. The summed E-state index contributed by atoms with van der Waals surface area (Å²) in [7, 11) is 0. The molecular formula is C13H14N2O3S. The van der Waals surface area contributed by atoms with Crippen LogP contribution in [0.1, 0.15) is 34.1 Å². The second kappa shape index (κ2) is 5.71. The molecule has 0 aliphatic carbocycles. The summed E-state index contributed by atoms with van der Waals surface area (Å²) in [6, 6.07) is 6.68. The summed E-state index contributed by atoms with van der Waals surface area (Å²) < 4.78 is 4.99. The van der Waals surface area contributed by atoms with Gasteiger partial charge in [0.25, 0.3) is 11.8 Å². The van der Waals surface area contributed by atoms with Crippen molar-refractivity contribution in [2.45, 2.75) is 19.9 Å². The molecule has 0 fully saturated rings. The van der Waals surface area contributed by atoms with Crippen LogP contribution in [-0.2, 0) is 0 Å². The highest BCUT2D eigenvalue weighted by molar-refractivity contribution is 7.18. The van der Waals surface area contributed by atoms with Crippen molar-refractivity contribution in [2.24, 2.45) is 0 Å². The highest BCUT2D eigenvalue weighted by Crippen LogP contribution is 2.22. The zero-order valence-electron chi connectivity index (χ0n) is 10.6. The quantitative estimate of drug-likeness (QED) is 0.903. The molecule has 2 N–H and O–H groups in total. The van der Waals surface area contributed by atoms with Crippen molar-refractivity contribution in [1.82, 2.24) is 5.32 Å². The molecule has 0 bridgehead atoms. The van der Waals surface area contributed by atoms with Crippen LogP contribution in [0.5, 0.6) is 0 Å². The molecule has 0 saturated heterocycles. The lowest BCUT2D eigenvalue weighted by Gasteiger charge is -2.05. The summed E-state index contributed by atoms with van der Waals surface area (Å²) >= 11 is 1.22. The molecule has 0 aliphatic heterocycles. The number of hydrogen-bond donors (Lipinski definition) is 2. The SMILES string of the molecule is CC(C)NC(=O)c1ccc(NC(=O)c2ccco2)s1. The zero-order valence-corrected chi connectivity index (χ0v) is 11.4. The van der Waals surface area contributed by atoms with Gasteiger partial charge in [0.15, 0.2) is 5.76 Å². The largest absolute Gasteiger partial charge is 0.459 e. The van der Waals surface area contributed by atoms with Gasteiger partial charge in [-0.15, -0.1) is 11.3 Å². The van der Waals surface area contributed by atoms with Crippen LogP contribution >= 0.6 is 11.3 Å². The number of anilines is 1. The van der Waals surface area contributed by atoms with E-state index < -0.39 is 0 Å². The van der Waals surface area contributed by atoms with E-state index in [0.717, 1.165) is 0 Å². The Hall–Kier alpha value is -2.08. The van der Waals surface area contributed by atoms with Crippen LogP contribution in [0, 0.1) is 0 Å². The van der Waals surface area contributed by atoms with Crippen LogP contribution in [0.3, 0.4) is 0 Å². The maximum atomic E-state index is 11.8. The first kappa shape index (κ1) is 13.4. The Morgan fingerprint density at radius 2 is 2.00 bits per heavy atom. The molecule has 5 nitrogen and oxygen atoms in total. The van der Waals surface area contributed by atoms with Crippen LogP contribution in [0.15, 0.2) is 34.9 Å². The zero-order chi connectivity index (χ0) is 13.8. The van der Waals surface area contributed by atoms with E-state index in [9.17, 15) is 9.59 Å². The van der Waals surface area contributed by atoms with Gasteiger partial charge in [-0.1, -0.05) is 0 Å². The predicted molar refractivity (Wildman–Crippen MR) is 73.6 cm³/mol. The van der Waals surface area contributed by atoms with Crippen LogP contribution in [0.25, 0.3) is 0 Å².